The van der Waals surface area contributed by atoms with Crippen LogP contribution in [0.4, 0.5) is 13.2 Å². The Morgan fingerprint density at radius 2 is 2.06 bits per heavy atom. The van der Waals surface area contributed by atoms with Crippen LogP contribution >= 0.6 is 11.6 Å². The molecule has 0 bridgehead atoms. The molecule has 2 N–H and O–H groups in total. The van der Waals surface area contributed by atoms with Crippen molar-refractivity contribution in [1.82, 2.24) is 0 Å². The molecule has 0 aliphatic carbocycles. The molecule has 0 spiro atoms. The van der Waals surface area contributed by atoms with Gasteiger partial charge in [0.15, 0.2) is 0 Å². The zero-order chi connectivity index (χ0) is 13.6. The molecule has 0 radical (unpaired) electrons. The van der Waals surface area contributed by atoms with Gasteiger partial charge in [0.25, 0.3) is 0 Å². The minimum atomic E-state index is -5.01. The first kappa shape index (κ1) is 13.0. The standard InChI is InChI=1S/C10H7ClF3NO3/c11-5-1-2-8-6(3-5)7(15-17)4-9(16,18-8)10(12,13)14/h1-3,16-17H,4H2/b15-7+/t9-/m0/s1. The van der Waals surface area contributed by atoms with Crippen molar-refractivity contribution in [2.24, 2.45) is 5.16 Å². The van der Waals surface area contributed by atoms with Gasteiger partial charge in [-0.1, -0.05) is 16.8 Å². The number of rotatable bonds is 0. The van der Waals surface area contributed by atoms with Crippen LogP contribution in [0.15, 0.2) is 23.4 Å². The molecule has 1 atom stereocenters. The Bertz CT molecular complexity index is 518. The van der Waals surface area contributed by atoms with Crippen LogP contribution in [0, 0.1) is 0 Å². The number of ether oxygens (including phenoxy) is 1. The van der Waals surface area contributed by atoms with E-state index < -0.39 is 18.4 Å². The number of nitrogens with zero attached hydrogens (tertiary/aromatic N) is 1. The lowest BCUT2D eigenvalue weighted by molar-refractivity contribution is -0.333. The van der Waals surface area contributed by atoms with E-state index in [9.17, 15) is 18.3 Å². The molecule has 98 valence electrons. The maximum atomic E-state index is 12.7. The fraction of sp³-hybridized carbons (Fsp3) is 0.300. The minimum absolute atomic E-state index is 0.110. The third-order valence-electron chi connectivity index (χ3n) is 2.50. The fourth-order valence-corrected chi connectivity index (χ4v) is 1.78. The van der Waals surface area contributed by atoms with Crippen LogP contribution in [0.1, 0.15) is 12.0 Å². The maximum Gasteiger partial charge on any atom is 0.455 e. The molecule has 18 heavy (non-hydrogen) atoms. The molecule has 2 rings (SSSR count). The molecule has 0 unspecified atom stereocenters. The summed E-state index contributed by atoms with van der Waals surface area (Å²) in [5.41, 5.74) is -0.238. The van der Waals surface area contributed by atoms with Crippen LogP contribution in [-0.4, -0.2) is 28.0 Å². The summed E-state index contributed by atoms with van der Waals surface area (Å²) in [6.07, 6.45) is -6.03. The second-order valence-corrected chi connectivity index (χ2v) is 4.18. The van der Waals surface area contributed by atoms with Crippen LogP contribution in [0.2, 0.25) is 5.02 Å². The number of hydrogen-bond donors (Lipinski definition) is 2. The van der Waals surface area contributed by atoms with Crippen molar-refractivity contribution in [2.45, 2.75) is 18.4 Å². The number of oxime groups is 1. The largest absolute Gasteiger partial charge is 0.455 e. The lowest BCUT2D eigenvalue weighted by Crippen LogP contribution is -2.54. The smallest absolute Gasteiger partial charge is 0.452 e. The van der Waals surface area contributed by atoms with Crippen molar-refractivity contribution in [3.8, 4) is 5.75 Å². The van der Waals surface area contributed by atoms with Gasteiger partial charge >= 0.3 is 12.0 Å². The van der Waals surface area contributed by atoms with Crippen molar-refractivity contribution in [1.29, 1.82) is 0 Å². The highest BCUT2D eigenvalue weighted by molar-refractivity contribution is 6.31. The summed E-state index contributed by atoms with van der Waals surface area (Å²) in [5.74, 6) is -3.66. The van der Waals surface area contributed by atoms with Gasteiger partial charge in [0, 0.05) is 10.6 Å². The van der Waals surface area contributed by atoms with Crippen LogP contribution in [0.3, 0.4) is 0 Å². The van der Waals surface area contributed by atoms with Crippen molar-refractivity contribution < 1.29 is 28.2 Å². The number of benzene rings is 1. The monoisotopic (exact) mass is 281 g/mol. The summed E-state index contributed by atoms with van der Waals surface area (Å²) in [7, 11) is 0. The second kappa shape index (κ2) is 4.03. The predicted octanol–water partition coefficient (Wildman–Crippen LogP) is 2.55. The Morgan fingerprint density at radius 3 is 2.61 bits per heavy atom. The van der Waals surface area contributed by atoms with Crippen LogP contribution in [0.25, 0.3) is 0 Å². The summed E-state index contributed by atoms with van der Waals surface area (Å²) < 4.78 is 42.6. The Hall–Kier alpha value is -1.47. The Morgan fingerprint density at radius 1 is 1.39 bits per heavy atom. The van der Waals surface area contributed by atoms with Gasteiger partial charge in [-0.15, -0.1) is 0 Å². The Labute approximate surface area is 104 Å². The topological polar surface area (TPSA) is 62.1 Å². The summed E-state index contributed by atoms with van der Waals surface area (Å²) >= 11 is 5.68. The number of halogens is 4. The summed E-state index contributed by atoms with van der Waals surface area (Å²) in [6, 6.07) is 3.76. The van der Waals surface area contributed by atoms with Crippen molar-refractivity contribution >= 4 is 17.3 Å². The van der Waals surface area contributed by atoms with Gasteiger partial charge in [-0.2, -0.15) is 13.2 Å². The van der Waals surface area contributed by atoms with Gasteiger partial charge in [-0.25, -0.2) is 0 Å². The zero-order valence-electron chi connectivity index (χ0n) is 8.70. The quantitative estimate of drug-likeness (QED) is 0.567. The van der Waals surface area contributed by atoms with Gasteiger partial charge in [0.1, 0.15) is 5.75 Å². The average molecular weight is 282 g/mol. The highest BCUT2D eigenvalue weighted by Crippen LogP contribution is 2.42. The minimum Gasteiger partial charge on any atom is -0.452 e. The molecular weight excluding hydrogens is 275 g/mol. The number of fused-ring (bicyclic) bond motifs is 1. The van der Waals surface area contributed by atoms with Crippen molar-refractivity contribution in [3.63, 3.8) is 0 Å². The van der Waals surface area contributed by atoms with Crippen molar-refractivity contribution in [3.05, 3.63) is 28.8 Å². The number of hydrogen-bond acceptors (Lipinski definition) is 4. The highest BCUT2D eigenvalue weighted by Gasteiger charge is 2.59. The number of alkyl halides is 3. The van der Waals surface area contributed by atoms with Gasteiger partial charge in [0.05, 0.1) is 12.1 Å². The average Bonchev–Trinajstić information content (AvgIpc) is 2.27. The molecule has 0 fully saturated rings. The van der Waals surface area contributed by atoms with Crippen LogP contribution < -0.4 is 4.74 Å². The molecule has 8 heteroatoms. The van der Waals surface area contributed by atoms with E-state index in [1.165, 1.54) is 18.2 Å². The zero-order valence-corrected chi connectivity index (χ0v) is 9.46. The third kappa shape index (κ3) is 1.99. The van der Waals surface area contributed by atoms with E-state index in [0.717, 1.165) is 0 Å². The molecular formula is C10H7ClF3NO3. The SMILES string of the molecule is O/N=C1\C[C@@](O)(C(F)(F)F)Oc2ccc(Cl)cc21. The molecule has 0 saturated carbocycles. The van der Waals surface area contributed by atoms with Gasteiger partial charge < -0.3 is 15.1 Å². The molecule has 4 nitrogen and oxygen atoms in total. The van der Waals surface area contributed by atoms with E-state index in [2.05, 4.69) is 9.89 Å². The predicted molar refractivity (Wildman–Crippen MR) is 56.0 cm³/mol. The van der Waals surface area contributed by atoms with Crippen LogP contribution in [-0.2, 0) is 0 Å². The molecule has 1 aliphatic heterocycles. The molecule has 1 aromatic carbocycles. The van der Waals surface area contributed by atoms with Gasteiger partial charge in [-0.3, -0.25) is 0 Å². The van der Waals surface area contributed by atoms with Gasteiger partial charge in [0.2, 0.25) is 0 Å². The first-order valence-corrected chi connectivity index (χ1v) is 5.13. The summed E-state index contributed by atoms with van der Waals surface area (Å²) in [4.78, 5) is 0. The Kier molecular flexibility index (Phi) is 2.90. The maximum absolute atomic E-state index is 12.7. The van der Waals surface area contributed by atoms with Crippen LogP contribution in [0.5, 0.6) is 5.75 Å². The first-order chi connectivity index (χ1) is 8.27. The van der Waals surface area contributed by atoms with E-state index in [0.29, 0.717) is 0 Å². The fourth-order valence-electron chi connectivity index (χ4n) is 1.60. The molecule has 1 aliphatic rings. The summed E-state index contributed by atoms with van der Waals surface area (Å²) in [5, 5.41) is 21.2. The molecule has 0 amide bonds. The lowest BCUT2D eigenvalue weighted by Gasteiger charge is -2.35. The van der Waals surface area contributed by atoms with E-state index in [1.807, 2.05) is 0 Å². The van der Waals surface area contributed by atoms with E-state index in [4.69, 9.17) is 16.8 Å². The molecule has 0 saturated heterocycles. The van der Waals surface area contributed by atoms with E-state index in [-0.39, 0.29) is 22.0 Å². The molecule has 1 heterocycles. The first-order valence-electron chi connectivity index (χ1n) is 4.76. The highest BCUT2D eigenvalue weighted by atomic mass is 35.5. The van der Waals surface area contributed by atoms with E-state index in [1.54, 1.807) is 0 Å². The normalized spacial score (nSPS) is 25.7. The lowest BCUT2D eigenvalue weighted by atomic mass is 9.97. The third-order valence-corrected chi connectivity index (χ3v) is 2.74. The number of aliphatic hydroxyl groups is 1. The second-order valence-electron chi connectivity index (χ2n) is 3.75. The van der Waals surface area contributed by atoms with Crippen molar-refractivity contribution in [2.75, 3.05) is 0 Å². The molecule has 1 aromatic rings. The Balaban J connectivity index is 2.54. The molecule has 0 aromatic heterocycles. The van der Waals surface area contributed by atoms with E-state index >= 15 is 0 Å². The van der Waals surface area contributed by atoms with Gasteiger partial charge in [-0.05, 0) is 18.2 Å². The summed E-state index contributed by atoms with van der Waals surface area (Å²) in [6.45, 7) is 0.